The van der Waals surface area contributed by atoms with E-state index in [2.05, 4.69) is 0 Å². The van der Waals surface area contributed by atoms with Gasteiger partial charge in [0.05, 0.1) is 19.1 Å². The number of rotatable bonds is 8. The number of carboxylic acids is 1. The van der Waals surface area contributed by atoms with Crippen LogP contribution in [-0.4, -0.2) is 46.5 Å². The second kappa shape index (κ2) is 9.65. The van der Waals surface area contributed by atoms with Gasteiger partial charge in [-0.2, -0.15) is 0 Å². The molecule has 1 aliphatic heterocycles. The Morgan fingerprint density at radius 3 is 2.52 bits per heavy atom. The number of hydrogen-bond donors (Lipinski definition) is 0. The number of thioether (sulfide) groups is 1. The van der Waals surface area contributed by atoms with E-state index in [-0.39, 0.29) is 25.3 Å². The van der Waals surface area contributed by atoms with Gasteiger partial charge in [0.2, 0.25) is 0 Å². The molecule has 0 N–H and O–H groups in total. The van der Waals surface area contributed by atoms with Gasteiger partial charge in [-0.15, -0.1) is 0 Å². The average molecular weight is 441 g/mol. The molecule has 8 nitrogen and oxygen atoms in total. The lowest BCUT2D eigenvalue weighted by molar-refractivity contribution is -0.255. The van der Waals surface area contributed by atoms with Crippen LogP contribution in [0.4, 0.5) is 10.5 Å². The van der Waals surface area contributed by atoms with Crippen LogP contribution < -0.4 is 10.0 Å². The van der Waals surface area contributed by atoms with E-state index in [1.807, 2.05) is 19.1 Å². The smallest absolute Gasteiger partial charge is 0.325 e. The van der Waals surface area contributed by atoms with Gasteiger partial charge in [-0.25, -0.2) is 0 Å². The molecule has 3 rings (SSSR count). The van der Waals surface area contributed by atoms with Crippen molar-refractivity contribution in [1.82, 2.24) is 4.90 Å². The van der Waals surface area contributed by atoms with E-state index in [0.717, 1.165) is 22.2 Å². The Morgan fingerprint density at radius 1 is 1.16 bits per heavy atom. The van der Waals surface area contributed by atoms with Crippen LogP contribution in [-0.2, 0) is 20.9 Å². The fourth-order valence-corrected chi connectivity index (χ4v) is 4.17. The third-order valence-corrected chi connectivity index (χ3v) is 5.77. The van der Waals surface area contributed by atoms with Crippen LogP contribution in [0, 0.1) is 6.92 Å². The number of aryl methyl sites for hydroxylation is 1. The highest BCUT2D eigenvalue weighted by atomic mass is 32.2. The van der Waals surface area contributed by atoms with Crippen molar-refractivity contribution in [3.05, 3.63) is 65.2 Å². The Labute approximate surface area is 183 Å². The second-order valence-corrected chi connectivity index (χ2v) is 7.95. The molecule has 0 saturated carbocycles. The number of esters is 1. The molecule has 0 spiro atoms. The van der Waals surface area contributed by atoms with Gasteiger partial charge in [0.25, 0.3) is 11.1 Å². The van der Waals surface area contributed by atoms with Gasteiger partial charge in [-0.05, 0) is 54.9 Å². The van der Waals surface area contributed by atoms with Crippen LogP contribution in [0.2, 0.25) is 0 Å². The van der Waals surface area contributed by atoms with Crippen LogP contribution in [0.1, 0.15) is 28.4 Å². The van der Waals surface area contributed by atoms with Crippen molar-refractivity contribution in [2.75, 3.05) is 18.1 Å². The van der Waals surface area contributed by atoms with Gasteiger partial charge < -0.3 is 19.5 Å². The molecule has 1 heterocycles. The standard InChI is InChI=1S/C22H22N2O6S/c1-3-30-18(25)13-23(17-9-7-14(2)8-10-17)20-19(26)24(22(29)31-20)12-15-5-4-6-16(11-15)21(27)28/h4-11,20H,3,12-13H2,1-2H3,(H,27,28)/p-1/t20-/m1/s1. The Kier molecular flexibility index (Phi) is 6.96. The first-order chi connectivity index (χ1) is 14.8. The minimum atomic E-state index is -1.34. The van der Waals surface area contributed by atoms with Crippen molar-refractivity contribution in [3.63, 3.8) is 0 Å². The lowest BCUT2D eigenvalue weighted by Crippen LogP contribution is -2.44. The summed E-state index contributed by atoms with van der Waals surface area (Å²) in [6.07, 6.45) is 0. The highest BCUT2D eigenvalue weighted by Gasteiger charge is 2.43. The zero-order valence-corrected chi connectivity index (χ0v) is 17.9. The number of carboxylic acid groups (broad SMARTS) is 1. The summed E-state index contributed by atoms with van der Waals surface area (Å²) < 4.78 is 5.04. The van der Waals surface area contributed by atoms with Crippen molar-refractivity contribution >= 4 is 40.5 Å². The number of carbonyl (C=O) groups is 4. The quantitative estimate of drug-likeness (QED) is 0.572. The maximum absolute atomic E-state index is 13.1. The second-order valence-electron chi connectivity index (χ2n) is 6.92. The maximum Gasteiger partial charge on any atom is 0.325 e. The molecule has 162 valence electrons. The molecule has 0 aliphatic carbocycles. The number of ether oxygens (including phenoxy) is 1. The zero-order chi connectivity index (χ0) is 22.5. The molecule has 31 heavy (non-hydrogen) atoms. The highest BCUT2D eigenvalue weighted by Crippen LogP contribution is 2.34. The summed E-state index contributed by atoms with van der Waals surface area (Å²) >= 11 is 0.806. The predicted octanol–water partition coefficient (Wildman–Crippen LogP) is 1.95. The van der Waals surface area contributed by atoms with E-state index < -0.39 is 28.5 Å². The summed E-state index contributed by atoms with van der Waals surface area (Å²) in [6.45, 7) is 3.54. The molecule has 9 heteroatoms. The minimum absolute atomic E-state index is 0.0376. The third kappa shape index (κ3) is 5.24. The van der Waals surface area contributed by atoms with Crippen molar-refractivity contribution in [2.24, 2.45) is 0 Å². The topological polar surface area (TPSA) is 107 Å². The lowest BCUT2D eigenvalue weighted by atomic mass is 10.1. The van der Waals surface area contributed by atoms with Crippen molar-refractivity contribution < 1.29 is 29.0 Å². The molecule has 0 aromatic heterocycles. The molecule has 2 aromatic carbocycles. The molecule has 0 unspecified atom stereocenters. The van der Waals surface area contributed by atoms with Gasteiger partial charge in [0.1, 0.15) is 6.54 Å². The van der Waals surface area contributed by atoms with Gasteiger partial charge in [0.15, 0.2) is 5.37 Å². The van der Waals surface area contributed by atoms with Gasteiger partial charge in [-0.1, -0.05) is 35.9 Å². The average Bonchev–Trinajstić information content (AvgIpc) is 3.01. The number of aromatic carboxylic acids is 1. The molecule has 1 fully saturated rings. The SMILES string of the molecule is CCOC(=O)CN(c1ccc(C)cc1)[C@@H]1SC(=O)N(Cc2cccc(C(=O)[O-])c2)C1=O. The summed E-state index contributed by atoms with van der Waals surface area (Å²) in [7, 11) is 0. The highest BCUT2D eigenvalue weighted by molar-refractivity contribution is 8.15. The molecular formula is C22H21N2O6S-. The minimum Gasteiger partial charge on any atom is -0.545 e. The first kappa shape index (κ1) is 22.4. The fourth-order valence-electron chi connectivity index (χ4n) is 3.14. The van der Waals surface area contributed by atoms with Crippen LogP contribution in [0.5, 0.6) is 0 Å². The van der Waals surface area contributed by atoms with Crippen LogP contribution in [0.15, 0.2) is 48.5 Å². The Morgan fingerprint density at radius 2 is 1.87 bits per heavy atom. The van der Waals surface area contributed by atoms with Crippen molar-refractivity contribution in [2.45, 2.75) is 25.8 Å². The van der Waals surface area contributed by atoms with E-state index in [9.17, 15) is 24.3 Å². The molecular weight excluding hydrogens is 420 g/mol. The number of carbonyl (C=O) groups excluding carboxylic acids is 4. The fraction of sp³-hybridized carbons (Fsp3) is 0.273. The first-order valence-corrected chi connectivity index (χ1v) is 10.5. The number of amides is 2. The summed E-state index contributed by atoms with van der Waals surface area (Å²) in [6, 6.07) is 13.1. The maximum atomic E-state index is 13.1. The van der Waals surface area contributed by atoms with E-state index >= 15 is 0 Å². The Balaban J connectivity index is 1.85. The number of anilines is 1. The van der Waals surface area contributed by atoms with E-state index in [4.69, 9.17) is 4.74 Å². The normalized spacial score (nSPS) is 15.8. The molecule has 1 atom stereocenters. The van der Waals surface area contributed by atoms with Crippen LogP contribution in [0.25, 0.3) is 0 Å². The monoisotopic (exact) mass is 441 g/mol. The zero-order valence-electron chi connectivity index (χ0n) is 17.1. The Hall–Kier alpha value is -3.33. The van der Waals surface area contributed by atoms with E-state index in [0.29, 0.717) is 11.3 Å². The first-order valence-electron chi connectivity index (χ1n) is 9.61. The number of hydrogen-bond acceptors (Lipinski definition) is 8. The summed E-state index contributed by atoms with van der Waals surface area (Å²) in [5.41, 5.74) is 2.06. The molecule has 2 amide bonds. The van der Waals surface area contributed by atoms with Crippen molar-refractivity contribution in [1.29, 1.82) is 0 Å². The Bertz CT molecular complexity index is 1010. The molecule has 1 aliphatic rings. The van der Waals surface area contributed by atoms with E-state index in [1.54, 1.807) is 30.0 Å². The van der Waals surface area contributed by atoms with Gasteiger partial charge >= 0.3 is 5.97 Å². The number of nitrogens with zero attached hydrogens (tertiary/aromatic N) is 2. The largest absolute Gasteiger partial charge is 0.545 e. The summed E-state index contributed by atoms with van der Waals surface area (Å²) in [4.78, 5) is 51.6. The molecule has 0 bridgehead atoms. The van der Waals surface area contributed by atoms with Gasteiger partial charge in [-0.3, -0.25) is 19.3 Å². The number of imide groups is 1. The molecule has 0 radical (unpaired) electrons. The number of benzene rings is 2. The lowest BCUT2D eigenvalue weighted by Gasteiger charge is -2.28. The summed E-state index contributed by atoms with van der Waals surface area (Å²) in [5.74, 6) is -2.34. The van der Waals surface area contributed by atoms with Crippen LogP contribution >= 0.6 is 11.8 Å². The van der Waals surface area contributed by atoms with Crippen LogP contribution in [0.3, 0.4) is 0 Å². The van der Waals surface area contributed by atoms with Gasteiger partial charge in [0, 0.05) is 5.69 Å². The van der Waals surface area contributed by atoms with E-state index in [1.165, 1.54) is 18.2 Å². The van der Waals surface area contributed by atoms with Crippen molar-refractivity contribution in [3.8, 4) is 0 Å². The molecule has 1 saturated heterocycles. The third-order valence-electron chi connectivity index (χ3n) is 4.67. The predicted molar refractivity (Wildman–Crippen MR) is 113 cm³/mol. The summed E-state index contributed by atoms with van der Waals surface area (Å²) in [5, 5.41) is 9.67. The molecule has 2 aromatic rings.